The summed E-state index contributed by atoms with van der Waals surface area (Å²) in [6.45, 7) is 7.61. The number of nitro groups is 1. The van der Waals surface area contributed by atoms with E-state index in [1.807, 2.05) is 0 Å². The molecular weight excluding hydrogens is 408 g/mol. The van der Waals surface area contributed by atoms with Crippen LogP contribution in [0.15, 0.2) is 23.1 Å². The Bertz CT molecular complexity index is 833. The number of nitro benzene ring substituents is 1. The third-order valence-corrected chi connectivity index (χ3v) is 6.39. The van der Waals surface area contributed by atoms with Crippen LogP contribution in [-0.2, 0) is 14.3 Å². The molecule has 164 valence electrons. The maximum atomic E-state index is 12.9. The van der Waals surface area contributed by atoms with Crippen molar-refractivity contribution >= 4 is 29.5 Å². The predicted molar refractivity (Wildman–Crippen MR) is 112 cm³/mol. The lowest BCUT2D eigenvalue weighted by atomic mass is 9.93. The number of likely N-dealkylation sites (tertiary alicyclic amines) is 1. The van der Waals surface area contributed by atoms with Crippen LogP contribution in [0.4, 0.5) is 10.5 Å². The second kappa shape index (κ2) is 8.83. The zero-order valence-corrected chi connectivity index (χ0v) is 18.6. The van der Waals surface area contributed by atoms with Gasteiger partial charge in [-0.15, -0.1) is 11.8 Å². The second-order valence-corrected chi connectivity index (χ2v) is 9.90. The number of esters is 1. The standard InChI is InChI=1S/C21H28N2O6S/c1-5-28-19(24)15-10-11-22(20(25)29-21(2,3)4)18(15)16-12-13(23(26)27)6-9-17(16)30-14-7-8-14/h6,9,12,14-15,18H,5,7-8,10-11H2,1-4H3. The summed E-state index contributed by atoms with van der Waals surface area (Å²) in [6, 6.07) is 4.02. The number of carbonyl (C=O) groups is 2. The van der Waals surface area contributed by atoms with Crippen LogP contribution in [0.3, 0.4) is 0 Å². The van der Waals surface area contributed by atoms with Crippen molar-refractivity contribution in [3.8, 4) is 0 Å². The molecule has 2 atom stereocenters. The molecule has 0 aromatic heterocycles. The number of ether oxygens (including phenoxy) is 2. The summed E-state index contributed by atoms with van der Waals surface area (Å²) >= 11 is 1.64. The van der Waals surface area contributed by atoms with Crippen molar-refractivity contribution in [1.29, 1.82) is 0 Å². The number of amides is 1. The van der Waals surface area contributed by atoms with Crippen LogP contribution in [0, 0.1) is 16.0 Å². The van der Waals surface area contributed by atoms with Gasteiger partial charge in [0.25, 0.3) is 5.69 Å². The van der Waals surface area contributed by atoms with Gasteiger partial charge in [0.15, 0.2) is 0 Å². The van der Waals surface area contributed by atoms with Crippen LogP contribution in [-0.4, -0.2) is 45.9 Å². The fourth-order valence-electron chi connectivity index (χ4n) is 3.55. The van der Waals surface area contributed by atoms with E-state index >= 15 is 0 Å². The van der Waals surface area contributed by atoms with Gasteiger partial charge < -0.3 is 14.4 Å². The zero-order valence-electron chi connectivity index (χ0n) is 17.8. The third kappa shape index (κ3) is 5.24. The number of non-ortho nitro benzene ring substituents is 1. The van der Waals surface area contributed by atoms with Gasteiger partial charge in [0.05, 0.1) is 23.5 Å². The number of benzene rings is 1. The lowest BCUT2D eigenvalue weighted by Gasteiger charge is -2.31. The molecular formula is C21H28N2O6S. The fourth-order valence-corrected chi connectivity index (χ4v) is 4.75. The highest BCUT2D eigenvalue weighted by atomic mass is 32.2. The van der Waals surface area contributed by atoms with Gasteiger partial charge in [0.1, 0.15) is 5.60 Å². The van der Waals surface area contributed by atoms with Crippen LogP contribution in [0.2, 0.25) is 0 Å². The van der Waals surface area contributed by atoms with Gasteiger partial charge in [0.2, 0.25) is 0 Å². The first kappa shape index (κ1) is 22.4. The third-order valence-electron chi connectivity index (χ3n) is 4.96. The summed E-state index contributed by atoms with van der Waals surface area (Å²) in [7, 11) is 0. The summed E-state index contributed by atoms with van der Waals surface area (Å²) < 4.78 is 10.8. The molecule has 1 aliphatic heterocycles. The molecule has 0 radical (unpaired) electrons. The summed E-state index contributed by atoms with van der Waals surface area (Å²) in [5, 5.41) is 11.9. The SMILES string of the molecule is CCOC(=O)C1CCN(C(=O)OC(C)(C)C)C1c1cc([N+](=O)[O-])ccc1SC1CC1. The van der Waals surface area contributed by atoms with Crippen molar-refractivity contribution in [2.45, 2.75) is 68.7 Å². The van der Waals surface area contributed by atoms with Crippen molar-refractivity contribution in [3.05, 3.63) is 33.9 Å². The van der Waals surface area contributed by atoms with Gasteiger partial charge in [0, 0.05) is 28.8 Å². The number of rotatable bonds is 6. The number of hydrogen-bond acceptors (Lipinski definition) is 7. The highest BCUT2D eigenvalue weighted by Gasteiger charge is 2.46. The zero-order chi connectivity index (χ0) is 22.1. The molecule has 0 spiro atoms. The Morgan fingerprint density at radius 1 is 1.27 bits per heavy atom. The lowest BCUT2D eigenvalue weighted by Crippen LogP contribution is -2.38. The molecule has 1 saturated carbocycles. The van der Waals surface area contributed by atoms with E-state index in [0.717, 1.165) is 17.7 Å². The summed E-state index contributed by atoms with van der Waals surface area (Å²) in [6.07, 6.45) is 2.05. The molecule has 1 aromatic rings. The van der Waals surface area contributed by atoms with E-state index in [1.165, 1.54) is 17.0 Å². The number of thioether (sulfide) groups is 1. The predicted octanol–water partition coefficient (Wildman–Crippen LogP) is 4.71. The average Bonchev–Trinajstić information content (AvgIpc) is 3.35. The van der Waals surface area contributed by atoms with E-state index in [1.54, 1.807) is 45.5 Å². The summed E-state index contributed by atoms with van der Waals surface area (Å²) in [5.74, 6) is -1.000. The molecule has 1 saturated heterocycles. The molecule has 0 N–H and O–H groups in total. The minimum absolute atomic E-state index is 0.0659. The quantitative estimate of drug-likeness (QED) is 0.362. The highest BCUT2D eigenvalue weighted by molar-refractivity contribution is 8.00. The van der Waals surface area contributed by atoms with Gasteiger partial charge in [-0.05, 0) is 58.6 Å². The first-order valence-corrected chi connectivity index (χ1v) is 11.1. The van der Waals surface area contributed by atoms with E-state index in [0.29, 0.717) is 23.8 Å². The minimum Gasteiger partial charge on any atom is -0.466 e. The van der Waals surface area contributed by atoms with Gasteiger partial charge in [-0.2, -0.15) is 0 Å². The average molecular weight is 437 g/mol. The molecule has 1 aliphatic carbocycles. The van der Waals surface area contributed by atoms with Crippen molar-refractivity contribution in [2.24, 2.45) is 5.92 Å². The monoisotopic (exact) mass is 436 g/mol. The second-order valence-electron chi connectivity index (χ2n) is 8.56. The first-order valence-electron chi connectivity index (χ1n) is 10.2. The normalized spacial score (nSPS) is 21.4. The Hall–Kier alpha value is -2.29. The number of hydrogen-bond donors (Lipinski definition) is 0. The van der Waals surface area contributed by atoms with E-state index in [2.05, 4.69) is 0 Å². The Morgan fingerprint density at radius 3 is 2.53 bits per heavy atom. The van der Waals surface area contributed by atoms with E-state index in [4.69, 9.17) is 9.47 Å². The van der Waals surface area contributed by atoms with Gasteiger partial charge in [-0.25, -0.2) is 4.79 Å². The van der Waals surface area contributed by atoms with Crippen LogP contribution in [0.5, 0.6) is 0 Å². The maximum absolute atomic E-state index is 12.9. The maximum Gasteiger partial charge on any atom is 0.410 e. The molecule has 2 fully saturated rings. The summed E-state index contributed by atoms with van der Waals surface area (Å²) in [4.78, 5) is 39.0. The molecule has 1 aromatic carbocycles. The van der Waals surface area contributed by atoms with Gasteiger partial charge in [-0.1, -0.05) is 0 Å². The van der Waals surface area contributed by atoms with Crippen molar-refractivity contribution in [1.82, 2.24) is 4.90 Å². The topological polar surface area (TPSA) is 99.0 Å². The van der Waals surface area contributed by atoms with Gasteiger partial charge in [-0.3, -0.25) is 14.9 Å². The molecule has 8 nitrogen and oxygen atoms in total. The molecule has 0 bridgehead atoms. The summed E-state index contributed by atoms with van der Waals surface area (Å²) in [5.41, 5.74) is -0.149. The van der Waals surface area contributed by atoms with Crippen LogP contribution in [0.25, 0.3) is 0 Å². The van der Waals surface area contributed by atoms with Crippen LogP contribution in [0.1, 0.15) is 58.6 Å². The van der Waals surface area contributed by atoms with Crippen molar-refractivity contribution in [2.75, 3.05) is 13.2 Å². The first-order chi connectivity index (χ1) is 14.1. The van der Waals surface area contributed by atoms with Crippen LogP contribution < -0.4 is 0 Å². The van der Waals surface area contributed by atoms with Crippen molar-refractivity contribution < 1.29 is 24.0 Å². The number of nitrogens with zero attached hydrogens (tertiary/aromatic N) is 2. The largest absolute Gasteiger partial charge is 0.466 e. The Morgan fingerprint density at radius 2 is 1.97 bits per heavy atom. The molecule has 9 heteroatoms. The Labute approximate surface area is 180 Å². The molecule has 30 heavy (non-hydrogen) atoms. The Kier molecular flexibility index (Phi) is 6.59. The van der Waals surface area contributed by atoms with Crippen molar-refractivity contribution in [3.63, 3.8) is 0 Å². The minimum atomic E-state index is -0.697. The molecule has 3 rings (SSSR count). The fraction of sp³-hybridized carbons (Fsp3) is 0.619. The van der Waals surface area contributed by atoms with E-state index < -0.39 is 34.5 Å². The van der Waals surface area contributed by atoms with E-state index in [-0.39, 0.29) is 12.3 Å². The molecule has 1 amide bonds. The van der Waals surface area contributed by atoms with E-state index in [9.17, 15) is 19.7 Å². The lowest BCUT2D eigenvalue weighted by molar-refractivity contribution is -0.385. The number of carbonyl (C=O) groups excluding carboxylic acids is 2. The smallest absolute Gasteiger partial charge is 0.410 e. The van der Waals surface area contributed by atoms with Gasteiger partial charge >= 0.3 is 12.1 Å². The molecule has 2 unspecified atom stereocenters. The Balaban J connectivity index is 2.04. The molecule has 2 aliphatic rings. The molecule has 1 heterocycles. The highest BCUT2D eigenvalue weighted by Crippen LogP contribution is 2.47. The van der Waals surface area contributed by atoms with Crippen LogP contribution >= 0.6 is 11.8 Å².